The first-order valence-electron chi connectivity index (χ1n) is 14.3. The van der Waals surface area contributed by atoms with Gasteiger partial charge < -0.3 is 19.5 Å². The number of fused-ring (bicyclic) bond motifs is 1. The summed E-state index contributed by atoms with van der Waals surface area (Å²) < 4.78 is 5.13. The molecule has 0 radical (unpaired) electrons. The predicted molar refractivity (Wildman–Crippen MR) is 147 cm³/mol. The van der Waals surface area contributed by atoms with Gasteiger partial charge in [0, 0.05) is 43.2 Å². The Morgan fingerprint density at radius 1 is 0.973 bits per heavy atom. The number of amides is 2. The summed E-state index contributed by atoms with van der Waals surface area (Å²) in [5.74, 6) is -0.610. The molecule has 2 heterocycles. The number of H-pyrrole nitrogens is 1. The fourth-order valence-electron chi connectivity index (χ4n) is 5.26. The highest BCUT2D eigenvalue weighted by molar-refractivity contribution is 5.92. The number of carbonyl (C=O) groups excluding carboxylic acids is 3. The first-order chi connectivity index (χ1) is 18.0. The van der Waals surface area contributed by atoms with Crippen molar-refractivity contribution in [2.75, 3.05) is 26.2 Å². The summed E-state index contributed by atoms with van der Waals surface area (Å²) in [7, 11) is 0. The Hall–Kier alpha value is -2.83. The molecule has 1 unspecified atom stereocenters. The number of ether oxygens (including phenoxy) is 1. The van der Waals surface area contributed by atoms with Gasteiger partial charge in [-0.2, -0.15) is 0 Å². The summed E-state index contributed by atoms with van der Waals surface area (Å²) in [5.41, 5.74) is 2.24. The number of piperazine rings is 1. The average molecular weight is 512 g/mol. The molecule has 204 valence electrons. The molecule has 1 fully saturated rings. The summed E-state index contributed by atoms with van der Waals surface area (Å²) >= 11 is 0. The second-order valence-electron chi connectivity index (χ2n) is 10.1. The Morgan fingerprint density at radius 2 is 1.68 bits per heavy atom. The molecule has 2 amide bonds. The van der Waals surface area contributed by atoms with Crippen molar-refractivity contribution in [1.82, 2.24) is 14.8 Å². The lowest BCUT2D eigenvalue weighted by atomic mass is 10.0. The lowest BCUT2D eigenvalue weighted by Crippen LogP contribution is -2.59. The molecule has 2 aromatic rings. The van der Waals surface area contributed by atoms with Crippen molar-refractivity contribution in [2.45, 2.75) is 96.9 Å². The zero-order valence-electron chi connectivity index (χ0n) is 22.8. The molecule has 3 rings (SSSR count). The summed E-state index contributed by atoms with van der Waals surface area (Å²) in [6, 6.07) is 7.35. The smallest absolute Gasteiger partial charge is 0.308 e. The van der Waals surface area contributed by atoms with E-state index in [9.17, 15) is 14.4 Å². The monoisotopic (exact) mass is 511 g/mol. The number of unbranched alkanes of at least 4 members (excludes halogenated alkanes) is 8. The third-order valence-electron chi connectivity index (χ3n) is 7.39. The largest absolute Gasteiger partial charge is 0.466 e. The second-order valence-corrected chi connectivity index (χ2v) is 10.1. The number of nitrogens with zero attached hydrogens (tertiary/aromatic N) is 2. The van der Waals surface area contributed by atoms with Crippen LogP contribution in [0.1, 0.15) is 90.0 Å². The minimum Gasteiger partial charge on any atom is -0.466 e. The number of carbonyl (C=O) groups is 3. The van der Waals surface area contributed by atoms with Gasteiger partial charge in [0.15, 0.2) is 0 Å². The second kappa shape index (κ2) is 15.4. The molecular weight excluding hydrogens is 466 g/mol. The van der Waals surface area contributed by atoms with E-state index >= 15 is 0 Å². The van der Waals surface area contributed by atoms with E-state index in [0.29, 0.717) is 32.5 Å². The fraction of sp³-hybridized carbons (Fsp3) is 0.633. The SMILES string of the molecule is CCCCCCCCCCCC(=O)N1CCN(CCc2c[nH]c3ccccc23)C(=O)C1CC(=O)OCC. The van der Waals surface area contributed by atoms with Gasteiger partial charge in [-0.05, 0) is 31.4 Å². The van der Waals surface area contributed by atoms with Gasteiger partial charge in [0.1, 0.15) is 6.04 Å². The quantitative estimate of drug-likeness (QED) is 0.234. The van der Waals surface area contributed by atoms with E-state index in [1.54, 1.807) is 16.7 Å². The van der Waals surface area contributed by atoms with Crippen molar-refractivity contribution in [3.8, 4) is 0 Å². The summed E-state index contributed by atoms with van der Waals surface area (Å²) in [5, 5.41) is 1.16. The highest BCUT2D eigenvalue weighted by atomic mass is 16.5. The van der Waals surface area contributed by atoms with Crippen LogP contribution in [0.5, 0.6) is 0 Å². The maximum Gasteiger partial charge on any atom is 0.308 e. The molecule has 0 bridgehead atoms. The van der Waals surface area contributed by atoms with E-state index in [-0.39, 0.29) is 24.8 Å². The number of aromatic nitrogens is 1. The normalized spacial score (nSPS) is 15.9. The average Bonchev–Trinajstić information content (AvgIpc) is 3.31. The van der Waals surface area contributed by atoms with Gasteiger partial charge in [0.2, 0.25) is 11.8 Å². The number of aromatic amines is 1. The van der Waals surface area contributed by atoms with Crippen LogP contribution in [-0.2, 0) is 25.5 Å². The van der Waals surface area contributed by atoms with Crippen LogP contribution >= 0.6 is 0 Å². The Morgan fingerprint density at radius 3 is 2.41 bits per heavy atom. The van der Waals surface area contributed by atoms with Gasteiger partial charge in [-0.3, -0.25) is 14.4 Å². The molecule has 0 spiro atoms. The number of hydrogen-bond donors (Lipinski definition) is 1. The lowest BCUT2D eigenvalue weighted by Gasteiger charge is -2.40. The van der Waals surface area contributed by atoms with Gasteiger partial charge in [0.05, 0.1) is 13.0 Å². The number of para-hydroxylation sites is 1. The van der Waals surface area contributed by atoms with E-state index < -0.39 is 12.0 Å². The van der Waals surface area contributed by atoms with E-state index in [4.69, 9.17) is 4.74 Å². The van der Waals surface area contributed by atoms with Crippen LogP contribution in [0.15, 0.2) is 30.5 Å². The molecule has 0 aliphatic carbocycles. The number of nitrogens with one attached hydrogen (secondary N) is 1. The Balaban J connectivity index is 1.51. The molecule has 1 aliphatic heterocycles. The molecule has 1 aromatic heterocycles. The Labute approximate surface area is 221 Å². The Bertz CT molecular complexity index is 1000. The molecular formula is C30H45N3O4. The highest BCUT2D eigenvalue weighted by Gasteiger charge is 2.38. The van der Waals surface area contributed by atoms with Gasteiger partial charge >= 0.3 is 5.97 Å². The third kappa shape index (κ3) is 8.61. The van der Waals surface area contributed by atoms with Crippen LogP contribution < -0.4 is 0 Å². The molecule has 1 aliphatic rings. The summed E-state index contributed by atoms with van der Waals surface area (Å²) in [6.45, 7) is 5.74. The maximum atomic E-state index is 13.4. The maximum absolute atomic E-state index is 13.4. The fourth-order valence-corrected chi connectivity index (χ4v) is 5.26. The lowest BCUT2D eigenvalue weighted by molar-refractivity contribution is -0.157. The zero-order chi connectivity index (χ0) is 26.5. The molecule has 0 saturated carbocycles. The van der Waals surface area contributed by atoms with Crippen LogP contribution in [0.4, 0.5) is 0 Å². The summed E-state index contributed by atoms with van der Waals surface area (Å²) in [6.07, 6.45) is 13.7. The molecule has 7 nitrogen and oxygen atoms in total. The van der Waals surface area contributed by atoms with E-state index in [2.05, 4.69) is 18.0 Å². The first-order valence-corrected chi connectivity index (χ1v) is 14.3. The third-order valence-corrected chi connectivity index (χ3v) is 7.39. The first kappa shape index (κ1) is 28.7. The predicted octanol–water partition coefficient (Wildman–Crippen LogP) is 5.62. The van der Waals surface area contributed by atoms with E-state index in [0.717, 1.165) is 35.7 Å². The van der Waals surface area contributed by atoms with Crippen molar-refractivity contribution < 1.29 is 19.1 Å². The van der Waals surface area contributed by atoms with Crippen molar-refractivity contribution in [3.05, 3.63) is 36.0 Å². The van der Waals surface area contributed by atoms with Gasteiger partial charge in [-0.25, -0.2) is 0 Å². The Kier molecular flexibility index (Phi) is 12.0. The van der Waals surface area contributed by atoms with Crippen LogP contribution in [0.2, 0.25) is 0 Å². The zero-order valence-corrected chi connectivity index (χ0v) is 22.8. The van der Waals surface area contributed by atoms with Crippen LogP contribution in [0, 0.1) is 0 Å². The molecule has 7 heteroatoms. The van der Waals surface area contributed by atoms with Gasteiger partial charge in [-0.1, -0.05) is 76.5 Å². The van der Waals surface area contributed by atoms with Crippen LogP contribution in [0.25, 0.3) is 10.9 Å². The van der Waals surface area contributed by atoms with Gasteiger partial charge in [-0.15, -0.1) is 0 Å². The van der Waals surface area contributed by atoms with Crippen molar-refractivity contribution in [1.29, 1.82) is 0 Å². The molecule has 37 heavy (non-hydrogen) atoms. The van der Waals surface area contributed by atoms with Crippen LogP contribution in [-0.4, -0.2) is 64.9 Å². The molecule has 1 saturated heterocycles. The van der Waals surface area contributed by atoms with Crippen molar-refractivity contribution >= 4 is 28.7 Å². The molecule has 1 aromatic carbocycles. The summed E-state index contributed by atoms with van der Waals surface area (Å²) in [4.78, 5) is 45.6. The number of hydrogen-bond acceptors (Lipinski definition) is 4. The van der Waals surface area contributed by atoms with Crippen molar-refractivity contribution in [3.63, 3.8) is 0 Å². The van der Waals surface area contributed by atoms with E-state index in [1.165, 1.54) is 38.5 Å². The van der Waals surface area contributed by atoms with Crippen molar-refractivity contribution in [2.24, 2.45) is 0 Å². The van der Waals surface area contributed by atoms with E-state index in [1.807, 2.05) is 24.4 Å². The van der Waals surface area contributed by atoms with Crippen LogP contribution in [0.3, 0.4) is 0 Å². The highest BCUT2D eigenvalue weighted by Crippen LogP contribution is 2.22. The number of esters is 1. The minimum absolute atomic E-state index is 0.0260. The topological polar surface area (TPSA) is 82.7 Å². The minimum atomic E-state index is -0.776. The standard InChI is InChI=1S/C30H45N3O4/c1-3-5-6-7-8-9-10-11-12-17-28(34)33-21-20-32(30(36)27(33)22-29(35)37-4-2)19-18-24-23-31-26-16-14-13-15-25(24)26/h13-16,23,27,31H,3-12,17-22H2,1-2H3. The number of rotatable bonds is 16. The van der Waals surface area contributed by atoms with Gasteiger partial charge in [0.25, 0.3) is 0 Å². The number of benzene rings is 1. The molecule has 1 N–H and O–H groups in total. The molecule has 1 atom stereocenters.